The van der Waals surface area contributed by atoms with E-state index in [-0.39, 0.29) is 28.7 Å². The van der Waals surface area contributed by atoms with Crippen LogP contribution in [0.1, 0.15) is 85.4 Å². The topological polar surface area (TPSA) is 111 Å². The zero-order valence-electron chi connectivity index (χ0n) is 24.2. The highest BCUT2D eigenvalue weighted by atomic mass is 79.9. The van der Waals surface area contributed by atoms with E-state index in [9.17, 15) is 14.4 Å². The van der Waals surface area contributed by atoms with Crippen LogP contribution in [0.2, 0.25) is 0 Å². The van der Waals surface area contributed by atoms with Crippen LogP contribution >= 0.6 is 31.9 Å². The molecule has 0 aliphatic carbocycles. The molecule has 2 aromatic carbocycles. The Hall–Kier alpha value is -2.11. The molecule has 1 unspecified atom stereocenters. The van der Waals surface area contributed by atoms with Crippen LogP contribution in [0.15, 0.2) is 45.3 Å². The Kier molecular flexibility index (Phi) is 14.6. The van der Waals surface area contributed by atoms with Gasteiger partial charge in [-0.1, -0.05) is 31.9 Å². The predicted molar refractivity (Wildman–Crippen MR) is 169 cm³/mol. The molecule has 0 bridgehead atoms. The van der Waals surface area contributed by atoms with Gasteiger partial charge in [-0.3, -0.25) is 14.4 Å². The molecule has 4 aliphatic rings. The van der Waals surface area contributed by atoms with Crippen LogP contribution in [0.5, 0.6) is 11.5 Å². The number of phenolic OH excluding ortho intramolecular Hbond substituents is 1. The fraction of sp³-hybridized carbons (Fsp3) is 0.531. The maximum absolute atomic E-state index is 12.3. The second-order valence-corrected chi connectivity index (χ2v) is 12.5. The molecule has 1 spiro atoms. The molecule has 0 radical (unpaired) electrons. The SMILES string of the molecule is C1CCNC1.CC(=O)c1cc(Br)ccc1O.O=C1CC2(CCCOCC2)Oc2ccc(Br)cc21.O=C1CCCCOC1. The summed E-state index contributed by atoms with van der Waals surface area (Å²) < 4.78 is 18.3. The fourth-order valence-corrected chi connectivity index (χ4v) is 5.65. The fourth-order valence-electron chi connectivity index (χ4n) is 4.93. The lowest BCUT2D eigenvalue weighted by Crippen LogP contribution is -2.42. The molecule has 1 atom stereocenters. The zero-order valence-corrected chi connectivity index (χ0v) is 27.4. The average molecular weight is 711 g/mol. The lowest BCUT2D eigenvalue weighted by molar-refractivity contribution is -0.122. The number of ketones is 3. The van der Waals surface area contributed by atoms with Crippen molar-refractivity contribution in [3.05, 3.63) is 56.5 Å². The van der Waals surface area contributed by atoms with Crippen molar-refractivity contribution in [1.29, 1.82) is 0 Å². The van der Waals surface area contributed by atoms with Gasteiger partial charge in [0.05, 0.1) is 24.2 Å². The number of halogens is 2. The molecule has 3 saturated heterocycles. The first-order valence-electron chi connectivity index (χ1n) is 14.6. The van der Waals surface area contributed by atoms with E-state index in [1.165, 1.54) is 38.9 Å². The Balaban J connectivity index is 0.000000171. The van der Waals surface area contributed by atoms with Crippen molar-refractivity contribution in [2.75, 3.05) is 39.5 Å². The van der Waals surface area contributed by atoms with Gasteiger partial charge in [-0.2, -0.15) is 0 Å². The molecule has 2 aromatic rings. The van der Waals surface area contributed by atoms with Gasteiger partial charge < -0.3 is 24.6 Å². The lowest BCUT2D eigenvalue weighted by atomic mass is 9.84. The van der Waals surface area contributed by atoms with Crippen LogP contribution in [-0.4, -0.2) is 67.6 Å². The molecule has 6 rings (SSSR count). The number of hydrogen-bond donors (Lipinski definition) is 2. The van der Waals surface area contributed by atoms with E-state index in [4.69, 9.17) is 19.3 Å². The minimum Gasteiger partial charge on any atom is -0.507 e. The Morgan fingerprint density at radius 2 is 1.60 bits per heavy atom. The summed E-state index contributed by atoms with van der Waals surface area (Å²) in [6.07, 6.45) is 8.69. The number of rotatable bonds is 1. The third kappa shape index (κ3) is 11.5. The number of carbonyl (C=O) groups is 3. The van der Waals surface area contributed by atoms with Crippen molar-refractivity contribution in [2.45, 2.75) is 70.3 Å². The lowest BCUT2D eigenvalue weighted by Gasteiger charge is -2.37. The van der Waals surface area contributed by atoms with Gasteiger partial charge in [-0.15, -0.1) is 0 Å². The highest BCUT2D eigenvalue weighted by Gasteiger charge is 2.40. The summed E-state index contributed by atoms with van der Waals surface area (Å²) in [5.41, 5.74) is 0.702. The van der Waals surface area contributed by atoms with Crippen molar-refractivity contribution in [3.8, 4) is 11.5 Å². The van der Waals surface area contributed by atoms with E-state index in [0.29, 0.717) is 30.8 Å². The average Bonchev–Trinajstić information content (AvgIpc) is 3.37. The van der Waals surface area contributed by atoms with E-state index < -0.39 is 0 Å². The van der Waals surface area contributed by atoms with Gasteiger partial charge in [-0.25, -0.2) is 0 Å². The van der Waals surface area contributed by atoms with Gasteiger partial charge in [0.25, 0.3) is 0 Å². The quantitative estimate of drug-likeness (QED) is 0.310. The number of fused-ring (bicyclic) bond motifs is 1. The third-order valence-electron chi connectivity index (χ3n) is 7.23. The van der Waals surface area contributed by atoms with Crippen molar-refractivity contribution >= 4 is 49.2 Å². The van der Waals surface area contributed by atoms with Crippen LogP contribution < -0.4 is 10.1 Å². The number of carbonyl (C=O) groups excluding carboxylic acids is 3. The summed E-state index contributed by atoms with van der Waals surface area (Å²) in [5, 5.41) is 12.4. The first-order chi connectivity index (χ1) is 20.2. The second kappa shape index (κ2) is 17.9. The molecule has 4 aliphatic heterocycles. The minimum absolute atomic E-state index is 0.0284. The summed E-state index contributed by atoms with van der Waals surface area (Å²) in [6, 6.07) is 10.4. The number of phenols is 1. The van der Waals surface area contributed by atoms with E-state index >= 15 is 0 Å². The molecule has 2 N–H and O–H groups in total. The standard InChI is InChI=1S/C14H15BrO3.C8H7BrO2.C6H10O2.C4H9N/c15-10-2-3-13-11(8-10)12(16)9-14(18-13)4-1-6-17-7-5-14;1-5(10)7-4-6(9)2-3-8(7)11;7-6-3-1-2-4-8-5-6;1-2-4-5-3-1/h2-3,8H,1,4-7,9H2;2-4,11H,1H3;1-5H2;5H,1-4H2. The van der Waals surface area contributed by atoms with Crippen LogP contribution in [0.3, 0.4) is 0 Å². The first kappa shape index (κ1) is 34.4. The largest absolute Gasteiger partial charge is 0.507 e. The normalized spacial score (nSPS) is 21.5. The number of Topliss-reactive ketones (excluding diaryl/α,β-unsaturated/α-hetero) is 3. The summed E-state index contributed by atoms with van der Waals surface area (Å²) in [6.45, 7) is 6.48. The van der Waals surface area contributed by atoms with Crippen molar-refractivity contribution in [1.82, 2.24) is 5.32 Å². The summed E-state index contributed by atoms with van der Waals surface area (Å²) >= 11 is 6.59. The zero-order chi connectivity index (χ0) is 30.4. The maximum atomic E-state index is 12.3. The molecule has 3 fully saturated rings. The maximum Gasteiger partial charge on any atom is 0.170 e. The van der Waals surface area contributed by atoms with Gasteiger partial charge in [0.15, 0.2) is 17.3 Å². The van der Waals surface area contributed by atoms with Gasteiger partial charge in [-0.05, 0) is 94.9 Å². The van der Waals surface area contributed by atoms with Crippen molar-refractivity contribution in [2.24, 2.45) is 0 Å². The van der Waals surface area contributed by atoms with E-state index in [0.717, 1.165) is 66.4 Å². The Bertz CT molecular complexity index is 1170. The van der Waals surface area contributed by atoms with Gasteiger partial charge >= 0.3 is 0 Å². The smallest absolute Gasteiger partial charge is 0.170 e. The molecular weight excluding hydrogens is 670 g/mol. The van der Waals surface area contributed by atoms with Crippen LogP contribution in [-0.2, 0) is 14.3 Å². The molecule has 8 nitrogen and oxygen atoms in total. The number of hydrogen-bond acceptors (Lipinski definition) is 8. The Morgan fingerprint density at radius 1 is 0.881 bits per heavy atom. The minimum atomic E-state index is -0.339. The van der Waals surface area contributed by atoms with Gasteiger partial charge in [0.2, 0.25) is 0 Å². The number of aromatic hydroxyl groups is 1. The van der Waals surface area contributed by atoms with E-state index in [1.54, 1.807) is 12.1 Å². The Morgan fingerprint density at radius 3 is 2.29 bits per heavy atom. The molecular formula is C32H41Br2NO7. The summed E-state index contributed by atoms with van der Waals surface area (Å²) in [4.78, 5) is 33.7. The van der Waals surface area contributed by atoms with Gasteiger partial charge in [0.1, 0.15) is 23.7 Å². The van der Waals surface area contributed by atoms with E-state index in [2.05, 4.69) is 37.2 Å². The van der Waals surface area contributed by atoms with Gasteiger partial charge in [0, 0.05) is 35.0 Å². The highest BCUT2D eigenvalue weighted by molar-refractivity contribution is 9.10. The third-order valence-corrected chi connectivity index (χ3v) is 8.21. The molecule has 10 heteroatoms. The monoisotopic (exact) mass is 709 g/mol. The van der Waals surface area contributed by atoms with Crippen LogP contribution in [0.25, 0.3) is 0 Å². The first-order valence-corrected chi connectivity index (χ1v) is 16.2. The van der Waals surface area contributed by atoms with Crippen molar-refractivity contribution < 1.29 is 33.7 Å². The van der Waals surface area contributed by atoms with E-state index in [1.807, 2.05) is 18.2 Å². The molecule has 0 aromatic heterocycles. The molecule has 0 saturated carbocycles. The van der Waals surface area contributed by atoms with Crippen LogP contribution in [0, 0.1) is 0 Å². The highest BCUT2D eigenvalue weighted by Crippen LogP contribution is 2.39. The second-order valence-electron chi connectivity index (χ2n) is 10.7. The predicted octanol–water partition coefficient (Wildman–Crippen LogP) is 6.84. The van der Waals surface area contributed by atoms with Crippen LogP contribution in [0.4, 0.5) is 0 Å². The summed E-state index contributed by atoms with van der Waals surface area (Å²) in [5.74, 6) is 1.04. The Labute approximate surface area is 265 Å². The molecule has 4 heterocycles. The molecule has 0 amide bonds. The van der Waals surface area contributed by atoms with Crippen molar-refractivity contribution in [3.63, 3.8) is 0 Å². The molecule has 230 valence electrons. The number of ether oxygens (including phenoxy) is 3. The number of nitrogens with one attached hydrogen (secondary N) is 1. The summed E-state index contributed by atoms with van der Waals surface area (Å²) in [7, 11) is 0. The molecule has 42 heavy (non-hydrogen) atoms. The number of benzene rings is 2.